The van der Waals surface area contributed by atoms with Crippen molar-refractivity contribution in [1.82, 2.24) is 0 Å². The number of hydrogen-bond acceptors (Lipinski definition) is 0. The van der Waals surface area contributed by atoms with Crippen LogP contribution in [-0.2, 0) is 0 Å². The summed E-state index contributed by atoms with van der Waals surface area (Å²) in [4.78, 5) is 0. The Hall–Kier alpha value is -1.18. The molecule has 0 bridgehead atoms. The zero-order chi connectivity index (χ0) is 9.84. The van der Waals surface area contributed by atoms with Crippen molar-refractivity contribution in [2.24, 2.45) is 0 Å². The first-order chi connectivity index (χ1) is 6.16. The van der Waals surface area contributed by atoms with Crippen LogP contribution in [0.1, 0.15) is 20.3 Å². The van der Waals surface area contributed by atoms with Crippen LogP contribution in [0, 0.1) is 0 Å². The highest BCUT2D eigenvalue weighted by atomic mass is 19.1. The summed E-state index contributed by atoms with van der Waals surface area (Å²) >= 11 is 0. The van der Waals surface area contributed by atoms with Gasteiger partial charge in [-0.2, -0.15) is 0 Å². The topological polar surface area (TPSA) is 0 Å². The summed E-state index contributed by atoms with van der Waals surface area (Å²) in [6.07, 6.45) is 5.70. The Kier molecular flexibility index (Phi) is 3.18. The predicted octanol–water partition coefficient (Wildman–Crippen LogP) is 3.99. The van der Waals surface area contributed by atoms with E-state index in [0.717, 1.165) is 11.1 Å². The minimum atomic E-state index is -0.229. The van der Waals surface area contributed by atoms with Gasteiger partial charge in [-0.1, -0.05) is 6.08 Å². The smallest absolute Gasteiger partial charge is 0.126 e. The van der Waals surface area contributed by atoms with Crippen LogP contribution < -0.4 is 0 Å². The highest BCUT2D eigenvalue weighted by Gasteiger charge is 2.10. The van der Waals surface area contributed by atoms with E-state index in [0.29, 0.717) is 18.3 Å². The molecule has 0 N–H and O–H groups in total. The molecule has 0 saturated heterocycles. The van der Waals surface area contributed by atoms with Crippen LogP contribution in [-0.4, -0.2) is 0 Å². The molecule has 1 aliphatic carbocycles. The van der Waals surface area contributed by atoms with E-state index < -0.39 is 0 Å². The van der Waals surface area contributed by atoms with Gasteiger partial charge in [0.1, 0.15) is 5.83 Å². The molecule has 1 rings (SSSR count). The molecule has 2 heteroatoms. The van der Waals surface area contributed by atoms with E-state index in [-0.39, 0.29) is 5.83 Å². The molecule has 0 heterocycles. The molecule has 70 valence electrons. The second-order valence-electron chi connectivity index (χ2n) is 3.03. The summed E-state index contributed by atoms with van der Waals surface area (Å²) in [5.41, 5.74) is 2.26. The fourth-order valence-corrected chi connectivity index (χ4v) is 1.35. The van der Waals surface area contributed by atoms with Gasteiger partial charge in [0, 0.05) is 0 Å². The molecule has 1 aliphatic rings. The molecule has 0 aromatic heterocycles. The Morgan fingerprint density at radius 2 is 2.23 bits per heavy atom. The van der Waals surface area contributed by atoms with Crippen molar-refractivity contribution in [3.63, 3.8) is 0 Å². The molecule has 0 spiro atoms. The number of hydrogen-bond donors (Lipinski definition) is 0. The van der Waals surface area contributed by atoms with E-state index >= 15 is 0 Å². The van der Waals surface area contributed by atoms with Crippen LogP contribution in [0.3, 0.4) is 0 Å². The summed E-state index contributed by atoms with van der Waals surface area (Å²) in [5, 5.41) is 0. The van der Waals surface area contributed by atoms with Crippen molar-refractivity contribution in [2.45, 2.75) is 20.3 Å². The molecule has 13 heavy (non-hydrogen) atoms. The second kappa shape index (κ2) is 4.17. The largest absolute Gasteiger partial charge is 0.216 e. The molecule has 0 atom stereocenters. The molecule has 0 nitrogen and oxygen atoms in total. The Balaban J connectivity index is 3.09. The van der Waals surface area contributed by atoms with E-state index in [2.05, 4.69) is 0 Å². The first kappa shape index (κ1) is 9.90. The fourth-order valence-electron chi connectivity index (χ4n) is 1.35. The van der Waals surface area contributed by atoms with E-state index in [4.69, 9.17) is 0 Å². The zero-order valence-corrected chi connectivity index (χ0v) is 7.77. The molecular weight excluding hydrogens is 170 g/mol. The SMILES string of the molecule is CC1=C(F)C=CC/C1=C(C)/C=C\F. The average molecular weight is 182 g/mol. The number of halogens is 2. The van der Waals surface area contributed by atoms with Crippen LogP contribution in [0.4, 0.5) is 8.78 Å². The van der Waals surface area contributed by atoms with Gasteiger partial charge in [0.2, 0.25) is 0 Å². The van der Waals surface area contributed by atoms with Crippen molar-refractivity contribution in [1.29, 1.82) is 0 Å². The van der Waals surface area contributed by atoms with Crippen LogP contribution >= 0.6 is 0 Å². The first-order valence-corrected chi connectivity index (χ1v) is 4.16. The molecule has 0 aliphatic heterocycles. The zero-order valence-electron chi connectivity index (χ0n) is 7.77. The Morgan fingerprint density at radius 3 is 2.85 bits per heavy atom. The monoisotopic (exact) mass is 182 g/mol. The van der Waals surface area contributed by atoms with Crippen molar-refractivity contribution in [3.8, 4) is 0 Å². The lowest BCUT2D eigenvalue weighted by Gasteiger charge is -2.12. The maximum atomic E-state index is 13.1. The lowest BCUT2D eigenvalue weighted by Crippen LogP contribution is -1.95. The Bertz CT molecular complexity index is 317. The number of allylic oxidation sites excluding steroid dienone is 7. The molecule has 0 unspecified atom stereocenters. The molecule has 0 aromatic carbocycles. The van der Waals surface area contributed by atoms with Gasteiger partial charge in [-0.3, -0.25) is 0 Å². The van der Waals surface area contributed by atoms with Crippen molar-refractivity contribution >= 4 is 0 Å². The number of rotatable bonds is 1. The second-order valence-corrected chi connectivity index (χ2v) is 3.03. The summed E-state index contributed by atoms with van der Waals surface area (Å²) in [7, 11) is 0. The molecule has 0 fully saturated rings. The normalized spacial score (nSPS) is 21.5. The van der Waals surface area contributed by atoms with Crippen LogP contribution in [0.5, 0.6) is 0 Å². The molecule has 0 aromatic rings. The van der Waals surface area contributed by atoms with Gasteiger partial charge in [-0.25, -0.2) is 8.78 Å². The summed E-state index contributed by atoms with van der Waals surface area (Å²) in [6, 6.07) is 0. The molecule has 0 radical (unpaired) electrons. The van der Waals surface area contributed by atoms with Gasteiger partial charge in [0.15, 0.2) is 0 Å². The first-order valence-electron chi connectivity index (χ1n) is 4.16. The van der Waals surface area contributed by atoms with Crippen LogP contribution in [0.2, 0.25) is 0 Å². The minimum Gasteiger partial charge on any atom is -0.216 e. The van der Waals surface area contributed by atoms with E-state index in [9.17, 15) is 8.78 Å². The van der Waals surface area contributed by atoms with Gasteiger partial charge >= 0.3 is 0 Å². The van der Waals surface area contributed by atoms with Crippen molar-refractivity contribution in [3.05, 3.63) is 47.1 Å². The lowest BCUT2D eigenvalue weighted by molar-refractivity contribution is 0.650. The van der Waals surface area contributed by atoms with Crippen molar-refractivity contribution in [2.75, 3.05) is 0 Å². The van der Waals surface area contributed by atoms with E-state index in [1.165, 1.54) is 12.2 Å². The Morgan fingerprint density at radius 1 is 1.54 bits per heavy atom. The maximum absolute atomic E-state index is 13.1. The predicted molar refractivity (Wildman–Crippen MR) is 50.5 cm³/mol. The third-order valence-corrected chi connectivity index (χ3v) is 2.19. The van der Waals surface area contributed by atoms with Gasteiger partial charge in [-0.05, 0) is 49.1 Å². The van der Waals surface area contributed by atoms with Crippen LogP contribution in [0.25, 0.3) is 0 Å². The minimum absolute atomic E-state index is 0.229. The summed E-state index contributed by atoms with van der Waals surface area (Å²) in [5.74, 6) is -0.229. The standard InChI is InChI=1S/C11H12F2/c1-8(6-7-12)10-4-3-5-11(13)9(10)2/h3,5-7H,4H2,1-2H3/b7-6-,10-8-. The van der Waals surface area contributed by atoms with Gasteiger partial charge in [0.25, 0.3) is 0 Å². The van der Waals surface area contributed by atoms with Crippen molar-refractivity contribution < 1.29 is 8.78 Å². The van der Waals surface area contributed by atoms with Gasteiger partial charge in [0.05, 0.1) is 6.33 Å². The molecule has 0 amide bonds. The quantitative estimate of drug-likeness (QED) is 0.575. The molecule has 0 saturated carbocycles. The highest BCUT2D eigenvalue weighted by Crippen LogP contribution is 2.27. The third kappa shape index (κ3) is 2.14. The highest BCUT2D eigenvalue weighted by molar-refractivity contribution is 5.45. The van der Waals surface area contributed by atoms with Gasteiger partial charge < -0.3 is 0 Å². The molecular formula is C11H12F2. The summed E-state index contributed by atoms with van der Waals surface area (Å²) in [6.45, 7) is 3.49. The average Bonchev–Trinajstić information content (AvgIpc) is 2.10. The lowest BCUT2D eigenvalue weighted by atomic mass is 9.94. The summed E-state index contributed by atoms with van der Waals surface area (Å²) < 4.78 is 24.9. The Labute approximate surface area is 77.0 Å². The van der Waals surface area contributed by atoms with Crippen LogP contribution in [0.15, 0.2) is 47.1 Å². The maximum Gasteiger partial charge on any atom is 0.126 e. The van der Waals surface area contributed by atoms with E-state index in [1.807, 2.05) is 0 Å². The van der Waals surface area contributed by atoms with Gasteiger partial charge in [-0.15, -0.1) is 0 Å². The fraction of sp³-hybridized carbons (Fsp3) is 0.273. The van der Waals surface area contributed by atoms with E-state index in [1.54, 1.807) is 19.9 Å². The third-order valence-electron chi connectivity index (χ3n) is 2.19.